The molecular weight excluding hydrogens is 640 g/mol. The highest BCUT2D eigenvalue weighted by Crippen LogP contribution is 2.45. The number of carbonyl (C=O) groups excluding carboxylic acids is 1. The highest BCUT2D eigenvalue weighted by molar-refractivity contribution is 7.19. The van der Waals surface area contributed by atoms with Gasteiger partial charge in [-0.3, -0.25) is 9.59 Å². The maximum Gasteiger partial charge on any atom is 0.335 e. The zero-order valence-corrected chi connectivity index (χ0v) is 27.1. The van der Waals surface area contributed by atoms with Crippen LogP contribution < -0.4 is 0 Å². The number of aryl methyl sites for hydroxylation is 1. The predicted octanol–water partition coefficient (Wildman–Crippen LogP) is 3.72. The molecule has 0 amide bonds. The summed E-state index contributed by atoms with van der Waals surface area (Å²) >= 11 is 8.17. The van der Waals surface area contributed by atoms with Gasteiger partial charge in [0.25, 0.3) is 0 Å². The van der Waals surface area contributed by atoms with E-state index in [1.807, 2.05) is 36.4 Å². The molecule has 13 heteroatoms. The van der Waals surface area contributed by atoms with E-state index in [1.165, 1.54) is 11.3 Å². The van der Waals surface area contributed by atoms with Gasteiger partial charge in [-0.1, -0.05) is 68.0 Å². The van der Waals surface area contributed by atoms with Crippen molar-refractivity contribution >= 4 is 50.7 Å². The number of hydrogen-bond acceptors (Lipinski definition) is 10. The summed E-state index contributed by atoms with van der Waals surface area (Å²) in [5.41, 5.74) is -1.03. The molecule has 0 radical (unpaired) electrons. The number of allylic oxidation sites excluding steroid dienone is 2. The summed E-state index contributed by atoms with van der Waals surface area (Å²) in [7, 11) is 0. The fourth-order valence-electron chi connectivity index (χ4n) is 6.03. The Morgan fingerprint density at radius 3 is 2.48 bits per heavy atom. The Hall–Kier alpha value is -2.68. The molecule has 1 aromatic heterocycles. The van der Waals surface area contributed by atoms with Gasteiger partial charge in [0.1, 0.15) is 24.1 Å². The quantitative estimate of drug-likeness (QED) is 0.126. The number of benzene rings is 1. The van der Waals surface area contributed by atoms with Crippen LogP contribution in [0.5, 0.6) is 0 Å². The van der Waals surface area contributed by atoms with Gasteiger partial charge in [0.2, 0.25) is 0 Å². The summed E-state index contributed by atoms with van der Waals surface area (Å²) in [6.07, 6.45) is -1.75. The van der Waals surface area contributed by atoms with Gasteiger partial charge in [0.15, 0.2) is 12.4 Å². The van der Waals surface area contributed by atoms with E-state index in [0.29, 0.717) is 30.7 Å². The summed E-state index contributed by atoms with van der Waals surface area (Å²) in [4.78, 5) is 36.7. The largest absolute Gasteiger partial charge is 0.481 e. The molecule has 46 heavy (non-hydrogen) atoms. The molecule has 1 saturated heterocycles. The first kappa shape index (κ1) is 36.2. The molecule has 4 rings (SSSR count). The van der Waals surface area contributed by atoms with Crippen LogP contribution in [0.4, 0.5) is 0 Å². The summed E-state index contributed by atoms with van der Waals surface area (Å²) in [6, 6.07) is 7.66. The SMILES string of the molecule is CC1(C)C(=O)[C@H](CC=CCCCC(=O)O)[C@@H](C=CC(CCc2sc3ccccc3c2Cl)OC2O[C@H](C(=O)O)[C@@H](O)[C@H](O)[C@H]2O)[C@@H]1O. The van der Waals surface area contributed by atoms with Crippen molar-refractivity contribution in [2.45, 2.75) is 95.3 Å². The van der Waals surface area contributed by atoms with Crippen LogP contribution in [0.25, 0.3) is 10.1 Å². The predicted molar refractivity (Wildman–Crippen MR) is 171 cm³/mol. The Kier molecular flexibility index (Phi) is 12.2. The zero-order chi connectivity index (χ0) is 33.8. The van der Waals surface area contributed by atoms with E-state index in [4.69, 9.17) is 26.2 Å². The number of thiophene rings is 1. The lowest BCUT2D eigenvalue weighted by Gasteiger charge is -2.39. The van der Waals surface area contributed by atoms with Crippen LogP contribution in [0.2, 0.25) is 5.02 Å². The number of carboxylic acid groups (broad SMARTS) is 2. The minimum absolute atomic E-state index is 0.0422. The minimum Gasteiger partial charge on any atom is -0.481 e. The first-order valence-corrected chi connectivity index (χ1v) is 16.4. The summed E-state index contributed by atoms with van der Waals surface area (Å²) < 4.78 is 12.4. The molecule has 1 saturated carbocycles. The van der Waals surface area contributed by atoms with Crippen molar-refractivity contribution in [3.63, 3.8) is 0 Å². The van der Waals surface area contributed by atoms with Gasteiger partial charge >= 0.3 is 11.9 Å². The monoisotopic (exact) mass is 680 g/mol. The number of aliphatic hydroxyl groups excluding tert-OH is 4. The molecule has 9 atom stereocenters. The normalized spacial score (nSPS) is 30.5. The Labute approximate surface area is 275 Å². The molecule has 2 fully saturated rings. The van der Waals surface area contributed by atoms with Crippen LogP contribution in [-0.4, -0.2) is 91.3 Å². The van der Waals surface area contributed by atoms with Crippen molar-refractivity contribution in [3.05, 3.63) is 58.5 Å². The molecule has 0 spiro atoms. The van der Waals surface area contributed by atoms with Gasteiger partial charge < -0.3 is 40.1 Å². The molecule has 2 heterocycles. The summed E-state index contributed by atoms with van der Waals surface area (Å²) in [5, 5.41) is 62.1. The summed E-state index contributed by atoms with van der Waals surface area (Å²) in [5.74, 6) is -3.71. The molecular formula is C33H41ClO11S. The van der Waals surface area contributed by atoms with Crippen molar-refractivity contribution in [2.24, 2.45) is 17.3 Å². The fraction of sp³-hybridized carbons (Fsp3) is 0.545. The molecule has 2 aromatic rings. The maximum atomic E-state index is 13.4. The van der Waals surface area contributed by atoms with Gasteiger partial charge in [-0.15, -0.1) is 11.3 Å². The number of rotatable bonds is 14. The lowest BCUT2D eigenvalue weighted by atomic mass is 9.86. The molecule has 6 N–H and O–H groups in total. The molecule has 1 aliphatic carbocycles. The number of fused-ring (bicyclic) bond motifs is 1. The minimum atomic E-state index is -1.88. The second-order valence-corrected chi connectivity index (χ2v) is 13.9. The molecule has 252 valence electrons. The zero-order valence-electron chi connectivity index (χ0n) is 25.6. The van der Waals surface area contributed by atoms with Crippen molar-refractivity contribution in [1.29, 1.82) is 0 Å². The van der Waals surface area contributed by atoms with Gasteiger partial charge in [0.05, 0.1) is 22.6 Å². The van der Waals surface area contributed by atoms with Crippen LogP contribution in [-0.2, 0) is 30.3 Å². The number of ketones is 1. The Balaban J connectivity index is 1.57. The highest BCUT2D eigenvalue weighted by atomic mass is 35.5. The van der Waals surface area contributed by atoms with E-state index >= 15 is 0 Å². The third-order valence-corrected chi connectivity index (χ3v) is 10.6. The molecule has 0 bridgehead atoms. The summed E-state index contributed by atoms with van der Waals surface area (Å²) in [6.45, 7) is 3.36. The number of unbranched alkanes of at least 4 members (excludes halogenated alkanes) is 1. The van der Waals surface area contributed by atoms with E-state index in [-0.39, 0.29) is 18.6 Å². The number of ether oxygens (including phenoxy) is 2. The number of halogens is 1. The van der Waals surface area contributed by atoms with Gasteiger partial charge in [-0.25, -0.2) is 4.79 Å². The van der Waals surface area contributed by atoms with E-state index in [1.54, 1.807) is 26.0 Å². The molecule has 1 aromatic carbocycles. The number of Topliss-reactive ketones (excluding diaryl/α,β-unsaturated/α-hetero) is 1. The Morgan fingerprint density at radius 1 is 1.09 bits per heavy atom. The third kappa shape index (κ3) is 8.06. The number of hydrogen-bond donors (Lipinski definition) is 6. The van der Waals surface area contributed by atoms with E-state index < -0.39 is 72.1 Å². The average Bonchev–Trinajstić information content (AvgIpc) is 3.41. The maximum absolute atomic E-state index is 13.4. The second kappa shape index (κ2) is 15.5. The fourth-order valence-corrected chi connectivity index (χ4v) is 7.57. The van der Waals surface area contributed by atoms with Crippen molar-refractivity contribution in [3.8, 4) is 0 Å². The third-order valence-electron chi connectivity index (χ3n) is 8.79. The highest BCUT2D eigenvalue weighted by Gasteiger charge is 2.53. The first-order chi connectivity index (χ1) is 21.7. The van der Waals surface area contributed by atoms with Crippen LogP contribution in [0.1, 0.15) is 50.8 Å². The van der Waals surface area contributed by atoms with Crippen LogP contribution in [0, 0.1) is 17.3 Å². The number of aliphatic hydroxyl groups is 4. The molecule has 2 aliphatic rings. The van der Waals surface area contributed by atoms with Crippen LogP contribution in [0.3, 0.4) is 0 Å². The lowest BCUT2D eigenvalue weighted by Crippen LogP contribution is -2.60. The van der Waals surface area contributed by atoms with Gasteiger partial charge in [-0.05, 0) is 38.2 Å². The Bertz CT molecular complexity index is 1450. The van der Waals surface area contributed by atoms with E-state index in [9.17, 15) is 39.9 Å². The first-order valence-electron chi connectivity index (χ1n) is 15.2. The van der Waals surface area contributed by atoms with Crippen molar-refractivity contribution < 1.29 is 54.5 Å². The smallest absolute Gasteiger partial charge is 0.335 e. The standard InChI is InChI=1S/C33H41ClO11S/c1-33(2)29(40)18(9-5-3-4-6-12-23(35)36)19(30(33)41)15-13-17(14-16-22-24(34)20-10-7-8-11-21(20)46-22)44-32-27(39)25(37)26(38)28(45-32)31(42)43/h3,5,7-8,10-11,13,15,17-19,25-28,30,32,37-39,41H,4,6,9,12,14,16H2,1-2H3,(H,35,36)(H,42,43)/t17?,18-,19-,25+,26+,27-,28+,30+,32?/m1/s1. The van der Waals surface area contributed by atoms with Crippen molar-refractivity contribution in [2.75, 3.05) is 0 Å². The van der Waals surface area contributed by atoms with Gasteiger partial charge in [0, 0.05) is 33.2 Å². The van der Waals surface area contributed by atoms with E-state index in [0.717, 1.165) is 15.0 Å². The van der Waals surface area contributed by atoms with Gasteiger partial charge in [-0.2, -0.15) is 0 Å². The number of carbonyl (C=O) groups is 3. The number of carboxylic acids is 2. The number of aliphatic carboxylic acids is 2. The Morgan fingerprint density at radius 2 is 1.80 bits per heavy atom. The van der Waals surface area contributed by atoms with Crippen LogP contribution in [0.15, 0.2) is 48.6 Å². The topological polar surface area (TPSA) is 191 Å². The van der Waals surface area contributed by atoms with Crippen molar-refractivity contribution in [1.82, 2.24) is 0 Å². The van der Waals surface area contributed by atoms with E-state index in [2.05, 4.69) is 0 Å². The van der Waals surface area contributed by atoms with Crippen LogP contribution >= 0.6 is 22.9 Å². The molecule has 11 nitrogen and oxygen atoms in total. The average molecular weight is 681 g/mol. The second-order valence-electron chi connectivity index (χ2n) is 12.4. The molecule has 2 unspecified atom stereocenters. The molecule has 1 aliphatic heterocycles. The lowest BCUT2D eigenvalue weighted by molar-refractivity contribution is -0.300.